The highest BCUT2D eigenvalue weighted by Gasteiger charge is 2.17. The predicted octanol–water partition coefficient (Wildman–Crippen LogP) is 2.60. The second kappa shape index (κ2) is 6.78. The number of nitrogens with one attached hydrogen (secondary N) is 1. The van der Waals surface area contributed by atoms with Crippen LogP contribution in [0.2, 0.25) is 0 Å². The molecule has 0 saturated heterocycles. The van der Waals surface area contributed by atoms with E-state index in [1.165, 1.54) is 24.9 Å². The summed E-state index contributed by atoms with van der Waals surface area (Å²) in [6, 6.07) is 5.05. The minimum Gasteiger partial charge on any atom is -0.497 e. The molecule has 25 heavy (non-hydrogen) atoms. The van der Waals surface area contributed by atoms with Crippen molar-refractivity contribution in [3.8, 4) is 23.1 Å². The topological polar surface area (TPSA) is 88.8 Å². The number of aromatic hydroxyl groups is 1. The molecule has 2 aromatic rings. The number of rotatable bonds is 4. The third kappa shape index (κ3) is 3.11. The summed E-state index contributed by atoms with van der Waals surface area (Å²) >= 11 is 5.23. The van der Waals surface area contributed by atoms with Gasteiger partial charge in [-0.05, 0) is 42.6 Å². The van der Waals surface area contributed by atoms with Crippen LogP contribution in [-0.2, 0) is 0 Å². The van der Waals surface area contributed by atoms with Gasteiger partial charge in [0.1, 0.15) is 17.1 Å². The molecule has 0 atom stereocenters. The van der Waals surface area contributed by atoms with Crippen molar-refractivity contribution >= 4 is 24.5 Å². The van der Waals surface area contributed by atoms with Crippen LogP contribution in [0.25, 0.3) is 11.8 Å². The molecule has 0 aliphatic carbocycles. The molecule has 0 bridgehead atoms. The fraction of sp³-hybridized carbons (Fsp3) is 0.118. The molecule has 0 unspecified atom stereocenters. The lowest BCUT2D eigenvalue weighted by atomic mass is 10.2. The third-order valence-corrected chi connectivity index (χ3v) is 3.90. The maximum Gasteiger partial charge on any atom is 0.262 e. The van der Waals surface area contributed by atoms with E-state index in [4.69, 9.17) is 21.7 Å². The molecule has 8 heteroatoms. The average Bonchev–Trinajstić information content (AvgIpc) is 3.11. The van der Waals surface area contributed by atoms with Gasteiger partial charge in [-0.3, -0.25) is 19.3 Å². The molecule has 7 nitrogen and oxygen atoms in total. The van der Waals surface area contributed by atoms with Crippen LogP contribution in [0, 0.1) is 4.77 Å². The van der Waals surface area contributed by atoms with Crippen LogP contribution in [-0.4, -0.2) is 35.1 Å². The fourth-order valence-corrected chi connectivity index (χ4v) is 2.69. The van der Waals surface area contributed by atoms with Crippen molar-refractivity contribution in [2.45, 2.75) is 0 Å². The summed E-state index contributed by atoms with van der Waals surface area (Å²) in [5.74, 6) is 0.687. The maximum absolute atomic E-state index is 12.2. The SMILES string of the molecule is COc1ccc(OC)c(-n2c(O)c(C=C3C=CC=N3)c(=O)[nH]c2=S)c1. The van der Waals surface area contributed by atoms with Crippen LogP contribution in [0.5, 0.6) is 17.4 Å². The van der Waals surface area contributed by atoms with Gasteiger partial charge in [-0.15, -0.1) is 0 Å². The monoisotopic (exact) mass is 357 g/mol. The molecule has 3 rings (SSSR count). The summed E-state index contributed by atoms with van der Waals surface area (Å²) in [5, 5.41) is 10.7. The van der Waals surface area contributed by atoms with Gasteiger partial charge in [-0.2, -0.15) is 0 Å². The Kier molecular flexibility index (Phi) is 4.53. The zero-order chi connectivity index (χ0) is 18.0. The van der Waals surface area contributed by atoms with E-state index in [1.54, 1.807) is 36.6 Å². The molecule has 1 aliphatic heterocycles. The molecule has 0 amide bonds. The van der Waals surface area contributed by atoms with Crippen molar-refractivity contribution in [3.63, 3.8) is 0 Å². The first-order valence-electron chi connectivity index (χ1n) is 7.28. The van der Waals surface area contributed by atoms with Gasteiger partial charge >= 0.3 is 0 Å². The van der Waals surface area contributed by atoms with Gasteiger partial charge in [-0.25, -0.2) is 0 Å². The number of aromatic nitrogens is 2. The van der Waals surface area contributed by atoms with Crippen molar-refractivity contribution in [2.24, 2.45) is 4.99 Å². The molecule has 0 radical (unpaired) electrons. The first-order valence-corrected chi connectivity index (χ1v) is 7.69. The second-order valence-corrected chi connectivity index (χ2v) is 5.46. The van der Waals surface area contributed by atoms with Crippen molar-refractivity contribution in [3.05, 3.63) is 56.7 Å². The first kappa shape index (κ1) is 16.7. The first-order chi connectivity index (χ1) is 12.0. The number of methoxy groups -OCH3 is 2. The Morgan fingerprint density at radius 3 is 2.76 bits per heavy atom. The lowest BCUT2D eigenvalue weighted by molar-refractivity contribution is 0.394. The average molecular weight is 357 g/mol. The zero-order valence-corrected chi connectivity index (χ0v) is 14.3. The van der Waals surface area contributed by atoms with Gasteiger partial charge in [-0.1, -0.05) is 0 Å². The third-order valence-electron chi connectivity index (χ3n) is 3.62. The molecule has 1 aromatic carbocycles. The largest absolute Gasteiger partial charge is 0.497 e. The van der Waals surface area contributed by atoms with E-state index in [0.29, 0.717) is 22.9 Å². The summed E-state index contributed by atoms with van der Waals surface area (Å²) in [5.41, 5.74) is 0.508. The van der Waals surface area contributed by atoms with Gasteiger partial charge in [0.25, 0.3) is 5.56 Å². The lowest BCUT2D eigenvalue weighted by Crippen LogP contribution is -2.16. The molecule has 1 aromatic heterocycles. The summed E-state index contributed by atoms with van der Waals surface area (Å²) in [6.45, 7) is 0. The second-order valence-electron chi connectivity index (χ2n) is 5.08. The van der Waals surface area contributed by atoms with Gasteiger partial charge < -0.3 is 14.6 Å². The van der Waals surface area contributed by atoms with Crippen molar-refractivity contribution in [1.29, 1.82) is 0 Å². The van der Waals surface area contributed by atoms with E-state index in [9.17, 15) is 9.90 Å². The van der Waals surface area contributed by atoms with Gasteiger partial charge in [0, 0.05) is 12.3 Å². The number of ether oxygens (including phenoxy) is 2. The molecule has 0 fully saturated rings. The number of benzene rings is 1. The van der Waals surface area contributed by atoms with Crippen molar-refractivity contribution in [2.75, 3.05) is 14.2 Å². The summed E-state index contributed by atoms with van der Waals surface area (Å²) < 4.78 is 11.9. The van der Waals surface area contributed by atoms with Crippen LogP contribution in [0.3, 0.4) is 0 Å². The molecular weight excluding hydrogens is 342 g/mol. The van der Waals surface area contributed by atoms with E-state index < -0.39 is 5.56 Å². The number of nitrogens with zero attached hydrogens (tertiary/aromatic N) is 2. The normalized spacial score (nSPS) is 14.2. The van der Waals surface area contributed by atoms with Crippen molar-refractivity contribution < 1.29 is 14.6 Å². The van der Waals surface area contributed by atoms with E-state index in [0.717, 1.165) is 0 Å². The Hall–Kier alpha value is -3.13. The molecule has 128 valence electrons. The van der Waals surface area contributed by atoms with Crippen LogP contribution in [0.1, 0.15) is 5.56 Å². The Morgan fingerprint density at radius 2 is 2.12 bits per heavy atom. The van der Waals surface area contributed by atoms with Gasteiger partial charge in [0.15, 0.2) is 4.77 Å². The summed E-state index contributed by atoms with van der Waals surface area (Å²) in [6.07, 6.45) is 6.53. The van der Waals surface area contributed by atoms with Gasteiger partial charge in [0.05, 0.1) is 25.6 Å². The number of hydrogen-bond acceptors (Lipinski definition) is 6. The predicted molar refractivity (Wildman–Crippen MR) is 97.6 cm³/mol. The Morgan fingerprint density at radius 1 is 1.32 bits per heavy atom. The Balaban J connectivity index is 2.29. The quantitative estimate of drug-likeness (QED) is 0.821. The van der Waals surface area contributed by atoms with E-state index in [-0.39, 0.29) is 16.2 Å². The van der Waals surface area contributed by atoms with Crippen LogP contribution in [0.4, 0.5) is 0 Å². The number of allylic oxidation sites excluding steroid dienone is 2. The summed E-state index contributed by atoms with van der Waals surface area (Å²) in [4.78, 5) is 18.9. The standard InChI is InChI=1S/C17H15N3O4S/c1-23-11-5-6-14(24-2)13(9-11)20-16(22)12(15(21)19-17(20)25)8-10-4-3-7-18-10/h3-9,22H,1-2H3,(H,19,21,25). The molecule has 1 aliphatic rings. The molecule has 2 N–H and O–H groups in total. The van der Waals surface area contributed by atoms with Crippen LogP contribution >= 0.6 is 12.2 Å². The molecule has 0 spiro atoms. The highest BCUT2D eigenvalue weighted by atomic mass is 32.1. The number of hydrogen-bond donors (Lipinski definition) is 2. The number of H-pyrrole nitrogens is 1. The van der Waals surface area contributed by atoms with Gasteiger partial charge in [0.2, 0.25) is 5.88 Å². The zero-order valence-electron chi connectivity index (χ0n) is 13.5. The highest BCUT2D eigenvalue weighted by Crippen LogP contribution is 2.31. The van der Waals surface area contributed by atoms with Crippen LogP contribution < -0.4 is 15.0 Å². The lowest BCUT2D eigenvalue weighted by Gasteiger charge is -2.15. The van der Waals surface area contributed by atoms with Crippen LogP contribution in [0.15, 0.2) is 45.8 Å². The van der Waals surface area contributed by atoms with Crippen molar-refractivity contribution in [1.82, 2.24) is 9.55 Å². The Bertz CT molecular complexity index is 1020. The highest BCUT2D eigenvalue weighted by molar-refractivity contribution is 7.71. The van der Waals surface area contributed by atoms with E-state index in [1.807, 2.05) is 0 Å². The smallest absolute Gasteiger partial charge is 0.262 e. The molecule has 0 saturated carbocycles. The summed E-state index contributed by atoms with van der Waals surface area (Å²) in [7, 11) is 3.02. The fourth-order valence-electron chi connectivity index (χ4n) is 2.41. The Labute approximate surface area is 148 Å². The molecule has 2 heterocycles. The number of aliphatic imine (C=N–C) groups is 1. The number of aromatic amines is 1. The van der Waals surface area contributed by atoms with E-state index >= 15 is 0 Å². The molecular formula is C17H15N3O4S. The minimum atomic E-state index is -0.511. The minimum absolute atomic E-state index is 0.0293. The maximum atomic E-state index is 12.2. The van der Waals surface area contributed by atoms with E-state index in [2.05, 4.69) is 9.98 Å².